The Bertz CT molecular complexity index is 1770. The predicted molar refractivity (Wildman–Crippen MR) is 160 cm³/mol. The van der Waals surface area contributed by atoms with Gasteiger partial charge in [0.25, 0.3) is 5.91 Å². The number of rotatable bonds is 8. The Morgan fingerprint density at radius 3 is 1.89 bits per heavy atom. The molecule has 0 unspecified atom stereocenters. The third-order valence-corrected chi connectivity index (χ3v) is 6.52. The first-order valence-corrected chi connectivity index (χ1v) is 13.4. The molecule has 0 bridgehead atoms. The quantitative estimate of drug-likeness (QED) is 0.218. The van der Waals surface area contributed by atoms with E-state index >= 15 is 0 Å². The maximum Gasteiger partial charge on any atom is 0.255 e. The molecule has 2 aromatic heterocycles. The van der Waals surface area contributed by atoms with E-state index in [-0.39, 0.29) is 11.5 Å². The third kappa shape index (κ3) is 6.63. The molecule has 4 N–H and O–H groups in total. The Labute approximate surface area is 251 Å². The predicted octanol–water partition coefficient (Wildman–Crippen LogP) is 1.98. The summed E-state index contributed by atoms with van der Waals surface area (Å²) >= 11 is 0. The Morgan fingerprint density at radius 1 is 0.909 bits per heavy atom. The summed E-state index contributed by atoms with van der Waals surface area (Å²) in [4.78, 5) is 15.1. The van der Waals surface area contributed by atoms with Crippen LogP contribution in [0.15, 0.2) is 76.1 Å². The minimum atomic E-state index is -1.60. The van der Waals surface area contributed by atoms with Gasteiger partial charge < -0.3 is 20.6 Å². The smallest absolute Gasteiger partial charge is 0.255 e. The van der Waals surface area contributed by atoms with E-state index in [1.165, 1.54) is 48.0 Å². The molecule has 224 valence electrons. The fraction of sp³-hybridized carbons (Fsp3) is 0.207. The van der Waals surface area contributed by atoms with Gasteiger partial charge in [-0.2, -0.15) is 10.2 Å². The molecule has 0 saturated heterocycles. The van der Waals surface area contributed by atoms with Crippen LogP contribution in [0.1, 0.15) is 54.2 Å². The van der Waals surface area contributed by atoms with E-state index in [2.05, 4.69) is 46.6 Å². The van der Waals surface area contributed by atoms with E-state index in [1.54, 1.807) is 50.3 Å². The molecule has 0 radical (unpaired) electrons. The molecular formula is C29H29N11O4. The van der Waals surface area contributed by atoms with Crippen molar-refractivity contribution in [2.24, 2.45) is 10.2 Å². The van der Waals surface area contributed by atoms with Gasteiger partial charge in [-0.25, -0.2) is 0 Å². The van der Waals surface area contributed by atoms with Gasteiger partial charge in [0.1, 0.15) is 17.1 Å². The number of aromatic hydroxyl groups is 2. The van der Waals surface area contributed by atoms with E-state index in [4.69, 9.17) is 0 Å². The van der Waals surface area contributed by atoms with E-state index in [1.807, 2.05) is 6.08 Å². The normalized spacial score (nSPS) is 13.6. The molecule has 2 heterocycles. The molecule has 0 fully saturated rings. The maximum absolute atomic E-state index is 12.5. The molecule has 0 spiro atoms. The first-order chi connectivity index (χ1) is 21.0. The molecule has 15 nitrogen and oxygen atoms in total. The molecule has 2 aromatic carbocycles. The lowest BCUT2D eigenvalue weighted by atomic mass is 9.87. The third-order valence-electron chi connectivity index (χ3n) is 6.52. The molecule has 0 aliphatic heterocycles. The van der Waals surface area contributed by atoms with Crippen molar-refractivity contribution in [1.82, 2.24) is 45.9 Å². The molecule has 5 rings (SSSR count). The summed E-state index contributed by atoms with van der Waals surface area (Å²) in [6, 6.07) is 9.82. The molecule has 1 aliphatic rings. The zero-order valence-electron chi connectivity index (χ0n) is 24.3. The molecule has 15 heteroatoms. The van der Waals surface area contributed by atoms with Crippen LogP contribution in [0.5, 0.6) is 11.5 Å². The first kappa shape index (κ1) is 29.7. The van der Waals surface area contributed by atoms with Crippen LogP contribution in [0, 0.1) is 13.8 Å². The molecule has 0 saturated carbocycles. The van der Waals surface area contributed by atoms with Crippen molar-refractivity contribution < 1.29 is 20.1 Å². The van der Waals surface area contributed by atoms with Gasteiger partial charge in [0, 0.05) is 16.8 Å². The monoisotopic (exact) mass is 595 g/mol. The molecule has 1 aliphatic carbocycles. The van der Waals surface area contributed by atoms with Crippen LogP contribution in [-0.4, -0.2) is 79.9 Å². The van der Waals surface area contributed by atoms with Crippen LogP contribution in [0.2, 0.25) is 0 Å². The van der Waals surface area contributed by atoms with Crippen LogP contribution in [0.25, 0.3) is 5.57 Å². The number of allylic oxidation sites excluding steroid dienone is 4. The summed E-state index contributed by atoms with van der Waals surface area (Å²) in [6.07, 6.45) is 8.77. The largest absolute Gasteiger partial charge is 0.507 e. The van der Waals surface area contributed by atoms with Gasteiger partial charge in [0.2, 0.25) is 0 Å². The number of phenolic OH excluding ortho intramolecular Hbond substituents is 2. The number of carbonyl (C=O) groups excluding carboxylic acids is 1. The van der Waals surface area contributed by atoms with Crippen molar-refractivity contribution in [3.63, 3.8) is 0 Å². The maximum atomic E-state index is 12.5. The summed E-state index contributed by atoms with van der Waals surface area (Å²) in [6.45, 7) is 6.20. The highest BCUT2D eigenvalue weighted by Gasteiger charge is 2.25. The summed E-state index contributed by atoms with van der Waals surface area (Å²) in [5.74, 6) is 0.271. The number of tetrazole rings is 2. The van der Waals surface area contributed by atoms with Gasteiger partial charge in [-0.1, -0.05) is 6.08 Å². The van der Waals surface area contributed by atoms with Gasteiger partial charge in [0.05, 0.1) is 12.4 Å². The lowest BCUT2D eigenvalue weighted by molar-refractivity contribution is -0.135. The number of nitrogens with zero attached hydrogens (tertiary/aromatic N) is 10. The van der Waals surface area contributed by atoms with Crippen molar-refractivity contribution in [3.8, 4) is 11.5 Å². The molecular weight excluding hydrogens is 566 g/mol. The average molecular weight is 596 g/mol. The van der Waals surface area contributed by atoms with E-state index in [0.717, 1.165) is 0 Å². The van der Waals surface area contributed by atoms with Crippen molar-refractivity contribution in [2.45, 2.75) is 39.7 Å². The van der Waals surface area contributed by atoms with Crippen LogP contribution in [0.3, 0.4) is 0 Å². The Morgan fingerprint density at radius 2 is 1.43 bits per heavy atom. The first-order valence-electron chi connectivity index (χ1n) is 13.4. The van der Waals surface area contributed by atoms with Gasteiger partial charge in [-0.05, 0) is 126 Å². The number of hydrogen-bond acceptors (Lipinski definition) is 12. The highest BCUT2D eigenvalue weighted by molar-refractivity contribution is 5.94. The van der Waals surface area contributed by atoms with Crippen LogP contribution in [0.4, 0.5) is 0 Å². The van der Waals surface area contributed by atoms with Crippen molar-refractivity contribution in [3.05, 3.63) is 99.8 Å². The lowest BCUT2D eigenvalue weighted by Gasteiger charge is -2.21. The van der Waals surface area contributed by atoms with Crippen LogP contribution < -0.4 is 5.32 Å². The Hall–Kier alpha value is -5.83. The van der Waals surface area contributed by atoms with Crippen LogP contribution in [-0.2, 0) is 4.79 Å². The fourth-order valence-corrected chi connectivity index (χ4v) is 4.21. The number of benzene rings is 2. The number of phenols is 2. The van der Waals surface area contributed by atoms with E-state index < -0.39 is 11.5 Å². The minimum absolute atomic E-state index is 0.0592. The second kappa shape index (κ2) is 12.2. The summed E-state index contributed by atoms with van der Waals surface area (Å²) in [5.41, 5.74) is 1.98. The number of nitrogens with one attached hydrogen (secondary N) is 1. The molecule has 0 atom stereocenters. The van der Waals surface area contributed by atoms with Gasteiger partial charge in [-0.3, -0.25) is 4.79 Å². The lowest BCUT2D eigenvalue weighted by Crippen LogP contribution is -2.41. The second-order valence-corrected chi connectivity index (χ2v) is 10.4. The van der Waals surface area contributed by atoms with Crippen LogP contribution >= 0.6 is 0 Å². The standard InChI is InChI=1S/C29H29N11O4/c1-17-33-35-37-39(17)30-15-19-8-10-25(41)23(12-19)27(21-6-5-7-22(14-21)32-28(43)29(3,4)44)24-13-20(9-11-26(24)42)16-31-40-18(2)34-36-38-40/h5,7-16,41-42,44H,6H2,1-4H3,(H,32,43)/b30-15+,31-16+. The number of hydrogen-bond donors (Lipinski definition) is 4. The van der Waals surface area contributed by atoms with Gasteiger partial charge in [-0.15, -0.1) is 19.8 Å². The number of aromatic nitrogens is 8. The number of aliphatic hydroxyl groups is 1. The highest BCUT2D eigenvalue weighted by Crippen LogP contribution is 2.40. The summed E-state index contributed by atoms with van der Waals surface area (Å²) < 4.78 is 0. The van der Waals surface area contributed by atoms with Crippen molar-refractivity contribution in [1.29, 1.82) is 0 Å². The van der Waals surface area contributed by atoms with Gasteiger partial charge in [0.15, 0.2) is 11.6 Å². The number of carbonyl (C=O) groups is 1. The number of aryl methyl sites for hydroxylation is 2. The highest BCUT2D eigenvalue weighted by atomic mass is 16.3. The van der Waals surface area contributed by atoms with E-state index in [0.29, 0.717) is 57.2 Å². The molecule has 1 amide bonds. The van der Waals surface area contributed by atoms with Crippen molar-refractivity contribution in [2.75, 3.05) is 0 Å². The minimum Gasteiger partial charge on any atom is -0.507 e. The van der Waals surface area contributed by atoms with Crippen molar-refractivity contribution >= 4 is 23.9 Å². The number of amides is 1. The molecule has 44 heavy (non-hydrogen) atoms. The summed E-state index contributed by atoms with van der Waals surface area (Å²) in [5, 5.41) is 66.2. The zero-order valence-corrected chi connectivity index (χ0v) is 24.3. The van der Waals surface area contributed by atoms with Gasteiger partial charge >= 0.3 is 0 Å². The molecule has 4 aromatic rings. The van der Waals surface area contributed by atoms with E-state index in [9.17, 15) is 20.1 Å². The fourth-order valence-electron chi connectivity index (χ4n) is 4.21. The zero-order chi connectivity index (χ0) is 31.4. The average Bonchev–Trinajstić information content (AvgIpc) is 3.60. The summed E-state index contributed by atoms with van der Waals surface area (Å²) in [7, 11) is 0. The second-order valence-electron chi connectivity index (χ2n) is 10.4. The Balaban J connectivity index is 1.66. The topological polar surface area (TPSA) is 202 Å². The SMILES string of the molecule is Cc1nnnn1/N=C/c1ccc(O)c(C(=C2C=C(NC(=O)C(C)(C)O)C=CC2)c2cc(/C=N/n3nnnc3C)ccc2O)c1. The Kier molecular flexibility index (Phi) is 8.21.